The number of nitrogens with zero attached hydrogens (tertiary/aromatic N) is 3. The molecular weight excluding hydrogens is 488 g/mol. The normalized spacial score (nSPS) is 11.8. The van der Waals surface area contributed by atoms with Crippen molar-refractivity contribution in [2.45, 2.75) is 6.04 Å². The molecule has 4 aromatic rings. The number of aromatic nitrogens is 2. The third-order valence-corrected chi connectivity index (χ3v) is 5.49. The second-order valence-electron chi connectivity index (χ2n) is 7.45. The highest BCUT2D eigenvalue weighted by molar-refractivity contribution is 6.33. The van der Waals surface area contributed by atoms with Crippen LogP contribution in [0.3, 0.4) is 0 Å². The molecule has 1 aromatic heterocycles. The summed E-state index contributed by atoms with van der Waals surface area (Å²) >= 11 is 6.06. The van der Waals surface area contributed by atoms with Gasteiger partial charge in [0.05, 0.1) is 16.5 Å². The number of nitrogens with one attached hydrogen (secondary N) is 3. The summed E-state index contributed by atoms with van der Waals surface area (Å²) in [6, 6.07) is 17.2. The van der Waals surface area contributed by atoms with Crippen LogP contribution in [0, 0.1) is 10.1 Å². The number of hydrogen-bond acceptors (Lipinski definition) is 7. The van der Waals surface area contributed by atoms with Crippen LogP contribution < -0.4 is 16.3 Å². The van der Waals surface area contributed by atoms with E-state index in [-0.39, 0.29) is 27.4 Å². The van der Waals surface area contributed by atoms with E-state index in [1.54, 1.807) is 54.6 Å². The Bertz CT molecular complexity index is 1550. The lowest BCUT2D eigenvalue weighted by molar-refractivity contribution is -0.384. The summed E-state index contributed by atoms with van der Waals surface area (Å²) in [5, 5.41) is 24.7. The molecule has 1 heterocycles. The number of nitro groups is 1. The summed E-state index contributed by atoms with van der Waals surface area (Å²) in [7, 11) is 0. The number of H-pyrrole nitrogens is 1. The number of fused-ring (bicyclic) bond motifs is 1. The van der Waals surface area contributed by atoms with E-state index in [1.165, 1.54) is 18.2 Å². The molecule has 3 N–H and O–H groups in total. The minimum Gasteiger partial charge on any atom is -0.335 e. The van der Waals surface area contributed by atoms with Gasteiger partial charge >= 0.3 is 0 Å². The fourth-order valence-corrected chi connectivity index (χ4v) is 3.56. The van der Waals surface area contributed by atoms with Crippen molar-refractivity contribution in [2.24, 2.45) is 5.10 Å². The minimum absolute atomic E-state index is 0.0931. The maximum absolute atomic E-state index is 13.2. The lowest BCUT2D eigenvalue weighted by Gasteiger charge is -2.18. The first-order chi connectivity index (χ1) is 17.3. The number of carbonyl (C=O) groups is 2. The summed E-state index contributed by atoms with van der Waals surface area (Å²) in [5.74, 6) is -1.33. The average molecular weight is 505 g/mol. The molecule has 3 aromatic carbocycles. The number of amides is 2. The molecule has 0 aliphatic carbocycles. The Morgan fingerprint density at radius 1 is 1.06 bits per heavy atom. The van der Waals surface area contributed by atoms with Crippen molar-refractivity contribution in [2.75, 3.05) is 0 Å². The number of aromatic amines is 1. The third-order valence-electron chi connectivity index (χ3n) is 5.14. The number of non-ortho nitro benzene ring substituents is 1. The summed E-state index contributed by atoms with van der Waals surface area (Å²) in [6.07, 6.45) is 1.14. The molecule has 2 amide bonds. The van der Waals surface area contributed by atoms with E-state index < -0.39 is 28.3 Å². The molecule has 0 aliphatic heterocycles. The van der Waals surface area contributed by atoms with Crippen molar-refractivity contribution in [3.63, 3.8) is 0 Å². The van der Waals surface area contributed by atoms with E-state index in [4.69, 9.17) is 11.6 Å². The van der Waals surface area contributed by atoms with Crippen LogP contribution in [0.25, 0.3) is 10.8 Å². The molecule has 36 heavy (non-hydrogen) atoms. The lowest BCUT2D eigenvalue weighted by atomic mass is 10.0. The zero-order valence-corrected chi connectivity index (χ0v) is 19.1. The predicted molar refractivity (Wildman–Crippen MR) is 133 cm³/mol. The highest BCUT2D eigenvalue weighted by Crippen LogP contribution is 2.22. The van der Waals surface area contributed by atoms with Gasteiger partial charge < -0.3 is 5.32 Å². The Labute approximate surface area is 208 Å². The topological polar surface area (TPSA) is 159 Å². The van der Waals surface area contributed by atoms with Crippen molar-refractivity contribution in [3.8, 4) is 0 Å². The van der Waals surface area contributed by atoms with Crippen LogP contribution in [-0.2, 0) is 4.79 Å². The highest BCUT2D eigenvalue weighted by atomic mass is 35.5. The Balaban J connectivity index is 1.67. The summed E-state index contributed by atoms with van der Waals surface area (Å²) in [4.78, 5) is 48.7. The van der Waals surface area contributed by atoms with Crippen LogP contribution in [0.2, 0.25) is 5.02 Å². The maximum atomic E-state index is 13.2. The zero-order chi connectivity index (χ0) is 25.7. The van der Waals surface area contributed by atoms with E-state index in [0.717, 1.165) is 6.21 Å². The van der Waals surface area contributed by atoms with Crippen molar-refractivity contribution in [3.05, 3.63) is 115 Å². The van der Waals surface area contributed by atoms with Gasteiger partial charge in [0.1, 0.15) is 5.69 Å². The average Bonchev–Trinajstić information content (AvgIpc) is 2.89. The van der Waals surface area contributed by atoms with Gasteiger partial charge in [0.25, 0.3) is 23.1 Å². The highest BCUT2D eigenvalue weighted by Gasteiger charge is 2.27. The first-order valence-electron chi connectivity index (χ1n) is 10.4. The van der Waals surface area contributed by atoms with Crippen LogP contribution in [0.1, 0.15) is 27.7 Å². The van der Waals surface area contributed by atoms with Gasteiger partial charge in [-0.3, -0.25) is 24.5 Å². The molecule has 0 radical (unpaired) electrons. The van der Waals surface area contributed by atoms with E-state index in [2.05, 4.69) is 26.0 Å². The van der Waals surface area contributed by atoms with Crippen LogP contribution in [0.15, 0.2) is 82.7 Å². The van der Waals surface area contributed by atoms with Crippen molar-refractivity contribution in [1.82, 2.24) is 20.9 Å². The Morgan fingerprint density at radius 2 is 1.75 bits per heavy atom. The largest absolute Gasteiger partial charge is 0.335 e. The molecule has 1 atom stereocenters. The Kier molecular flexibility index (Phi) is 7.12. The first-order valence-corrected chi connectivity index (χ1v) is 10.8. The molecule has 0 spiro atoms. The SMILES string of the molecule is O=C(NC(C(=O)N/N=C/c1cc([N+](=O)[O-])ccc1Cl)c1n[nH]c(=O)c2ccccc12)c1ccccc1. The molecule has 0 bridgehead atoms. The molecule has 0 saturated carbocycles. The standard InChI is InChI=1S/C24H17ClN6O5/c25-19-11-10-16(31(35)36)12-15(19)13-26-29-24(34)21(27-22(32)14-6-2-1-3-7-14)20-17-8-4-5-9-18(17)23(33)30-28-20/h1-13,21H,(H,27,32)(H,29,34)(H,30,33)/b26-13+. The molecule has 180 valence electrons. The van der Waals surface area contributed by atoms with Gasteiger partial charge in [-0.15, -0.1) is 0 Å². The zero-order valence-electron chi connectivity index (χ0n) is 18.3. The van der Waals surface area contributed by atoms with Crippen LogP contribution in [-0.4, -0.2) is 33.1 Å². The Morgan fingerprint density at radius 3 is 2.47 bits per heavy atom. The van der Waals surface area contributed by atoms with Crippen LogP contribution in [0.4, 0.5) is 5.69 Å². The van der Waals surface area contributed by atoms with Gasteiger partial charge in [-0.25, -0.2) is 10.5 Å². The van der Waals surface area contributed by atoms with Crippen molar-refractivity contribution >= 4 is 46.1 Å². The fraction of sp³-hybridized carbons (Fsp3) is 0.0417. The second kappa shape index (κ2) is 10.6. The molecular formula is C24H17ClN6O5. The van der Waals surface area contributed by atoms with Crippen LogP contribution >= 0.6 is 11.6 Å². The molecule has 0 saturated heterocycles. The predicted octanol–water partition coefficient (Wildman–Crippen LogP) is 3.11. The summed E-state index contributed by atoms with van der Waals surface area (Å²) < 4.78 is 0. The van der Waals surface area contributed by atoms with Crippen molar-refractivity contribution < 1.29 is 14.5 Å². The summed E-state index contributed by atoms with van der Waals surface area (Å²) in [5.41, 5.74) is 2.23. The molecule has 4 rings (SSSR count). The fourth-order valence-electron chi connectivity index (χ4n) is 3.39. The second-order valence-corrected chi connectivity index (χ2v) is 7.86. The lowest BCUT2D eigenvalue weighted by Crippen LogP contribution is -2.40. The van der Waals surface area contributed by atoms with Crippen molar-refractivity contribution in [1.29, 1.82) is 0 Å². The number of hydrogen-bond donors (Lipinski definition) is 3. The number of hydrazone groups is 1. The molecule has 12 heteroatoms. The van der Waals surface area contributed by atoms with E-state index in [9.17, 15) is 24.5 Å². The molecule has 0 aliphatic rings. The van der Waals surface area contributed by atoms with E-state index in [0.29, 0.717) is 10.9 Å². The number of nitro benzene ring substituents is 1. The molecule has 11 nitrogen and oxygen atoms in total. The van der Waals surface area contributed by atoms with E-state index in [1.807, 2.05) is 0 Å². The van der Waals surface area contributed by atoms with E-state index >= 15 is 0 Å². The van der Waals surface area contributed by atoms with Gasteiger partial charge in [0, 0.05) is 33.7 Å². The quantitative estimate of drug-likeness (QED) is 0.199. The van der Waals surface area contributed by atoms with Gasteiger partial charge in [-0.05, 0) is 24.3 Å². The molecule has 0 fully saturated rings. The summed E-state index contributed by atoms with van der Waals surface area (Å²) in [6.45, 7) is 0. The minimum atomic E-state index is -1.35. The van der Waals surface area contributed by atoms with Crippen LogP contribution in [0.5, 0.6) is 0 Å². The number of halogens is 1. The number of carbonyl (C=O) groups excluding carboxylic acids is 2. The van der Waals surface area contributed by atoms with Gasteiger partial charge in [-0.1, -0.05) is 48.0 Å². The van der Waals surface area contributed by atoms with Gasteiger partial charge in [0.2, 0.25) is 0 Å². The Hall–Kier alpha value is -4.90. The maximum Gasteiger partial charge on any atom is 0.272 e. The first kappa shape index (κ1) is 24.2. The smallest absolute Gasteiger partial charge is 0.272 e. The van der Waals surface area contributed by atoms with Gasteiger partial charge in [-0.2, -0.15) is 10.2 Å². The van der Waals surface area contributed by atoms with Gasteiger partial charge in [0.15, 0.2) is 6.04 Å². The molecule has 1 unspecified atom stereocenters. The number of benzene rings is 3. The monoisotopic (exact) mass is 504 g/mol. The third kappa shape index (κ3) is 5.26. The number of rotatable bonds is 7.